The third-order valence-electron chi connectivity index (χ3n) is 5.32. The molecule has 0 unspecified atom stereocenters. The van der Waals surface area contributed by atoms with Gasteiger partial charge in [-0.2, -0.15) is 0 Å². The summed E-state index contributed by atoms with van der Waals surface area (Å²) in [6, 6.07) is 6.25. The standard InChI is InChI=1S/C20H29NO2/c1-15(20(22)21-14-16-8-3-2-4-9-16)23-19-13-7-11-17-10-5-6-12-18(17)19/h7,11,13,15-16H,2-6,8-10,12,14H2,1H3,(H,21,22)/t15-/m1/s1. The minimum absolute atomic E-state index is 0.0176. The number of hydrogen-bond acceptors (Lipinski definition) is 2. The number of nitrogens with one attached hydrogen (secondary N) is 1. The minimum Gasteiger partial charge on any atom is -0.481 e. The molecular formula is C20H29NO2. The predicted octanol–water partition coefficient (Wildman–Crippen LogP) is 4.03. The van der Waals surface area contributed by atoms with Crippen molar-refractivity contribution in [1.82, 2.24) is 5.32 Å². The van der Waals surface area contributed by atoms with Gasteiger partial charge in [0.15, 0.2) is 6.10 Å². The molecule has 1 aromatic rings. The van der Waals surface area contributed by atoms with Crippen LogP contribution in [0.15, 0.2) is 18.2 Å². The van der Waals surface area contributed by atoms with Crippen LogP contribution in [0.2, 0.25) is 0 Å². The van der Waals surface area contributed by atoms with Crippen molar-refractivity contribution in [3.8, 4) is 5.75 Å². The van der Waals surface area contributed by atoms with Crippen LogP contribution in [0.1, 0.15) is 63.0 Å². The molecule has 0 bridgehead atoms. The lowest BCUT2D eigenvalue weighted by atomic mass is 9.89. The number of amides is 1. The highest BCUT2D eigenvalue weighted by molar-refractivity contribution is 5.80. The quantitative estimate of drug-likeness (QED) is 0.891. The maximum atomic E-state index is 12.3. The van der Waals surface area contributed by atoms with Crippen molar-refractivity contribution in [3.63, 3.8) is 0 Å². The number of fused-ring (bicyclic) bond motifs is 1. The van der Waals surface area contributed by atoms with E-state index < -0.39 is 6.10 Å². The van der Waals surface area contributed by atoms with Gasteiger partial charge in [-0.25, -0.2) is 0 Å². The summed E-state index contributed by atoms with van der Waals surface area (Å²) in [6.45, 7) is 2.66. The summed E-state index contributed by atoms with van der Waals surface area (Å²) in [4.78, 5) is 12.3. The lowest BCUT2D eigenvalue weighted by molar-refractivity contribution is -0.127. The van der Waals surface area contributed by atoms with Gasteiger partial charge >= 0.3 is 0 Å². The van der Waals surface area contributed by atoms with Crippen molar-refractivity contribution in [2.24, 2.45) is 5.92 Å². The molecule has 3 heteroatoms. The summed E-state index contributed by atoms with van der Waals surface area (Å²) in [5.74, 6) is 1.58. The summed E-state index contributed by atoms with van der Waals surface area (Å²) in [5, 5.41) is 3.09. The van der Waals surface area contributed by atoms with E-state index in [0.29, 0.717) is 5.92 Å². The number of benzene rings is 1. The van der Waals surface area contributed by atoms with Gasteiger partial charge in [0.1, 0.15) is 5.75 Å². The van der Waals surface area contributed by atoms with E-state index in [-0.39, 0.29) is 5.91 Å². The molecule has 0 heterocycles. The Balaban J connectivity index is 1.54. The van der Waals surface area contributed by atoms with Crippen LogP contribution in [0.25, 0.3) is 0 Å². The third kappa shape index (κ3) is 4.27. The average molecular weight is 315 g/mol. The second-order valence-corrected chi connectivity index (χ2v) is 7.11. The Hall–Kier alpha value is -1.51. The van der Waals surface area contributed by atoms with Gasteiger partial charge in [0.25, 0.3) is 5.91 Å². The number of carbonyl (C=O) groups is 1. The first kappa shape index (κ1) is 16.4. The van der Waals surface area contributed by atoms with Gasteiger partial charge in [-0.15, -0.1) is 0 Å². The molecule has 3 rings (SSSR count). The molecule has 3 nitrogen and oxygen atoms in total. The van der Waals surface area contributed by atoms with E-state index >= 15 is 0 Å². The first-order valence-corrected chi connectivity index (χ1v) is 9.29. The molecule has 2 aliphatic carbocycles. The molecule has 0 spiro atoms. The molecule has 1 saturated carbocycles. The summed E-state index contributed by atoms with van der Waals surface area (Å²) >= 11 is 0. The topological polar surface area (TPSA) is 38.3 Å². The van der Waals surface area contributed by atoms with E-state index in [0.717, 1.165) is 25.1 Å². The van der Waals surface area contributed by atoms with Crippen LogP contribution < -0.4 is 10.1 Å². The summed E-state index contributed by atoms with van der Waals surface area (Å²) in [6.07, 6.45) is 10.7. The highest BCUT2D eigenvalue weighted by atomic mass is 16.5. The molecule has 1 aromatic carbocycles. The molecule has 1 amide bonds. The summed E-state index contributed by atoms with van der Waals surface area (Å²) in [5.41, 5.74) is 2.70. The molecule has 0 saturated heterocycles. The van der Waals surface area contributed by atoms with Crippen LogP contribution in [0.3, 0.4) is 0 Å². The Labute approximate surface area is 139 Å². The van der Waals surface area contributed by atoms with Crippen molar-refractivity contribution in [2.75, 3.05) is 6.54 Å². The monoisotopic (exact) mass is 315 g/mol. The number of rotatable bonds is 5. The highest BCUT2D eigenvalue weighted by Gasteiger charge is 2.20. The zero-order valence-electron chi connectivity index (χ0n) is 14.3. The lowest BCUT2D eigenvalue weighted by Crippen LogP contribution is -2.39. The molecule has 1 N–H and O–H groups in total. The lowest BCUT2D eigenvalue weighted by Gasteiger charge is -2.24. The van der Waals surface area contributed by atoms with E-state index in [1.54, 1.807) is 0 Å². The van der Waals surface area contributed by atoms with Gasteiger partial charge in [0.05, 0.1) is 0 Å². The number of hydrogen-bond donors (Lipinski definition) is 1. The first-order chi connectivity index (χ1) is 11.2. The molecule has 2 aliphatic rings. The fourth-order valence-electron chi connectivity index (χ4n) is 3.88. The second-order valence-electron chi connectivity index (χ2n) is 7.11. The molecule has 0 radical (unpaired) electrons. The number of ether oxygens (including phenoxy) is 1. The first-order valence-electron chi connectivity index (χ1n) is 9.29. The fourth-order valence-corrected chi connectivity index (χ4v) is 3.88. The van der Waals surface area contributed by atoms with Crippen LogP contribution in [0.5, 0.6) is 5.75 Å². The molecule has 0 aliphatic heterocycles. The Morgan fingerprint density at radius 1 is 1.17 bits per heavy atom. The van der Waals surface area contributed by atoms with E-state index in [1.165, 1.54) is 56.1 Å². The van der Waals surface area contributed by atoms with Crippen molar-refractivity contribution < 1.29 is 9.53 Å². The minimum atomic E-state index is -0.424. The maximum absolute atomic E-state index is 12.3. The molecule has 23 heavy (non-hydrogen) atoms. The predicted molar refractivity (Wildman–Crippen MR) is 92.8 cm³/mol. The SMILES string of the molecule is C[C@@H](Oc1cccc2c1CCCC2)C(=O)NCC1CCCCC1. The highest BCUT2D eigenvalue weighted by Crippen LogP contribution is 2.30. The van der Waals surface area contributed by atoms with Crippen molar-refractivity contribution in [2.45, 2.75) is 70.8 Å². The van der Waals surface area contributed by atoms with Gasteiger partial charge in [-0.3, -0.25) is 4.79 Å². The van der Waals surface area contributed by atoms with Gasteiger partial charge in [-0.05, 0) is 68.6 Å². The number of aryl methyl sites for hydroxylation is 1. The maximum Gasteiger partial charge on any atom is 0.260 e. The van der Waals surface area contributed by atoms with Crippen LogP contribution in [0, 0.1) is 5.92 Å². The van der Waals surface area contributed by atoms with Crippen molar-refractivity contribution in [1.29, 1.82) is 0 Å². The van der Waals surface area contributed by atoms with Gasteiger partial charge in [0, 0.05) is 6.54 Å². The number of carbonyl (C=O) groups excluding carboxylic acids is 1. The normalized spacial score (nSPS) is 19.7. The van der Waals surface area contributed by atoms with Gasteiger partial charge < -0.3 is 10.1 Å². The molecule has 126 valence electrons. The zero-order chi connectivity index (χ0) is 16.1. The van der Waals surface area contributed by atoms with Crippen LogP contribution in [0.4, 0.5) is 0 Å². The van der Waals surface area contributed by atoms with Gasteiger partial charge in [0.2, 0.25) is 0 Å². The second kappa shape index (κ2) is 7.85. The van der Waals surface area contributed by atoms with Crippen molar-refractivity contribution in [3.05, 3.63) is 29.3 Å². The Bertz CT molecular complexity index is 534. The van der Waals surface area contributed by atoms with Gasteiger partial charge in [-0.1, -0.05) is 31.4 Å². The Kier molecular flexibility index (Phi) is 5.58. The van der Waals surface area contributed by atoms with E-state index in [9.17, 15) is 4.79 Å². The van der Waals surface area contributed by atoms with Crippen molar-refractivity contribution >= 4 is 5.91 Å². The van der Waals surface area contributed by atoms with E-state index in [4.69, 9.17) is 4.74 Å². The smallest absolute Gasteiger partial charge is 0.260 e. The molecule has 1 atom stereocenters. The third-order valence-corrected chi connectivity index (χ3v) is 5.32. The van der Waals surface area contributed by atoms with E-state index in [1.807, 2.05) is 19.1 Å². The molecular weight excluding hydrogens is 286 g/mol. The summed E-state index contributed by atoms with van der Waals surface area (Å²) < 4.78 is 6.00. The average Bonchev–Trinajstić information content (AvgIpc) is 2.61. The largest absolute Gasteiger partial charge is 0.481 e. The fraction of sp³-hybridized carbons (Fsp3) is 0.650. The Morgan fingerprint density at radius 2 is 1.96 bits per heavy atom. The zero-order valence-corrected chi connectivity index (χ0v) is 14.3. The Morgan fingerprint density at radius 3 is 2.78 bits per heavy atom. The molecule has 0 aromatic heterocycles. The van der Waals surface area contributed by atoms with Crippen LogP contribution in [-0.2, 0) is 17.6 Å². The van der Waals surface area contributed by atoms with Crippen LogP contribution >= 0.6 is 0 Å². The molecule has 1 fully saturated rings. The van der Waals surface area contributed by atoms with Crippen LogP contribution in [-0.4, -0.2) is 18.6 Å². The van der Waals surface area contributed by atoms with E-state index in [2.05, 4.69) is 11.4 Å². The summed E-state index contributed by atoms with van der Waals surface area (Å²) in [7, 11) is 0.